The third kappa shape index (κ3) is 5.95. The molecule has 4 rings (SSSR count). The molecule has 1 fully saturated rings. The predicted molar refractivity (Wildman–Crippen MR) is 122 cm³/mol. The van der Waals surface area contributed by atoms with Gasteiger partial charge in [-0.3, -0.25) is 13.9 Å². The largest absolute Gasteiger partial charge is 0.479 e. The average molecular weight is 507 g/mol. The van der Waals surface area contributed by atoms with Crippen molar-refractivity contribution in [1.29, 1.82) is 0 Å². The number of para-hydroxylation sites is 1. The molecule has 1 saturated heterocycles. The second-order valence-electron chi connectivity index (χ2n) is 7.36. The number of esters is 1. The van der Waals surface area contributed by atoms with Gasteiger partial charge in [0, 0.05) is 0 Å². The first-order valence-corrected chi connectivity index (χ1v) is 12.4. The first-order chi connectivity index (χ1) is 16.9. The zero-order valence-corrected chi connectivity index (χ0v) is 20.3. The third-order valence-electron chi connectivity index (χ3n) is 4.90. The van der Waals surface area contributed by atoms with E-state index in [1.807, 2.05) is 0 Å². The Morgan fingerprint density at radius 1 is 1.29 bits per heavy atom. The number of rotatable bonds is 11. The highest BCUT2D eigenvalue weighted by Crippen LogP contribution is 2.45. The van der Waals surface area contributed by atoms with Crippen molar-refractivity contribution in [2.24, 2.45) is 0 Å². The fraction of sp³-hybridized carbons (Fsp3) is 0.429. The Kier molecular flexibility index (Phi) is 7.93. The fourth-order valence-corrected chi connectivity index (χ4v) is 4.77. The van der Waals surface area contributed by atoms with Crippen molar-refractivity contribution >= 4 is 24.9 Å². The SMILES string of the molecule is CCOC(=O)[C@H](C)NP(=O)(OC[C@@H]1OC[C@H](n2cnc3c(OC)ncnc32)O1)Oc1ccccc1. The molecule has 3 heterocycles. The van der Waals surface area contributed by atoms with Crippen LogP contribution >= 0.6 is 7.75 Å². The highest BCUT2D eigenvalue weighted by molar-refractivity contribution is 7.52. The molecule has 1 unspecified atom stereocenters. The topological polar surface area (TPSA) is 145 Å². The number of aromatic nitrogens is 4. The van der Waals surface area contributed by atoms with E-state index in [-0.39, 0.29) is 19.8 Å². The Balaban J connectivity index is 1.43. The van der Waals surface area contributed by atoms with Crippen LogP contribution in [0.15, 0.2) is 43.0 Å². The van der Waals surface area contributed by atoms with Crippen LogP contribution in [0.1, 0.15) is 20.1 Å². The van der Waals surface area contributed by atoms with Crippen LogP contribution in [0.5, 0.6) is 11.6 Å². The van der Waals surface area contributed by atoms with Gasteiger partial charge in [-0.15, -0.1) is 0 Å². The van der Waals surface area contributed by atoms with Crippen molar-refractivity contribution in [3.8, 4) is 11.6 Å². The highest BCUT2D eigenvalue weighted by Gasteiger charge is 2.36. The summed E-state index contributed by atoms with van der Waals surface area (Å²) in [5.41, 5.74) is 0.992. The molecule has 0 aliphatic carbocycles. The molecule has 0 amide bonds. The van der Waals surface area contributed by atoms with Crippen LogP contribution in [0.4, 0.5) is 0 Å². The summed E-state index contributed by atoms with van der Waals surface area (Å²) in [4.78, 5) is 24.6. The number of benzene rings is 1. The number of fused-ring (bicyclic) bond motifs is 1. The minimum atomic E-state index is -4.02. The fourth-order valence-electron chi connectivity index (χ4n) is 3.29. The lowest BCUT2D eigenvalue weighted by molar-refractivity contribution is -0.144. The summed E-state index contributed by atoms with van der Waals surface area (Å²) < 4.78 is 48.1. The maximum atomic E-state index is 13.5. The van der Waals surface area contributed by atoms with Crippen LogP contribution in [-0.4, -0.2) is 64.8 Å². The van der Waals surface area contributed by atoms with Gasteiger partial charge in [-0.05, 0) is 26.0 Å². The summed E-state index contributed by atoms with van der Waals surface area (Å²) in [7, 11) is -2.53. The van der Waals surface area contributed by atoms with Crippen LogP contribution in [0, 0.1) is 0 Å². The summed E-state index contributed by atoms with van der Waals surface area (Å²) >= 11 is 0. The lowest BCUT2D eigenvalue weighted by Gasteiger charge is -2.23. The van der Waals surface area contributed by atoms with Gasteiger partial charge < -0.3 is 23.5 Å². The Hall–Kier alpha value is -3.09. The van der Waals surface area contributed by atoms with E-state index >= 15 is 0 Å². The van der Waals surface area contributed by atoms with E-state index in [1.165, 1.54) is 20.4 Å². The highest BCUT2D eigenvalue weighted by atomic mass is 31.2. The quantitative estimate of drug-likeness (QED) is 0.300. The van der Waals surface area contributed by atoms with Gasteiger partial charge in [0.05, 0.1) is 26.7 Å². The molecular formula is C21H26N5O8P. The number of methoxy groups -OCH3 is 1. The van der Waals surface area contributed by atoms with Gasteiger partial charge in [0.2, 0.25) is 5.88 Å². The van der Waals surface area contributed by atoms with E-state index < -0.39 is 32.3 Å². The van der Waals surface area contributed by atoms with Gasteiger partial charge in [0.1, 0.15) is 24.7 Å². The normalized spacial score (nSPS) is 20.3. The molecule has 35 heavy (non-hydrogen) atoms. The second kappa shape index (κ2) is 11.1. The van der Waals surface area contributed by atoms with Gasteiger partial charge >= 0.3 is 13.7 Å². The molecule has 4 atom stereocenters. The number of ether oxygens (including phenoxy) is 4. The van der Waals surface area contributed by atoms with Crippen LogP contribution in [0.3, 0.4) is 0 Å². The Labute approximate surface area is 201 Å². The summed E-state index contributed by atoms with van der Waals surface area (Å²) in [6.07, 6.45) is 1.48. The van der Waals surface area contributed by atoms with Crippen molar-refractivity contribution < 1.29 is 37.4 Å². The van der Waals surface area contributed by atoms with Crippen molar-refractivity contribution in [2.75, 3.05) is 26.9 Å². The molecule has 0 radical (unpaired) electrons. The molecule has 0 spiro atoms. The Bertz CT molecular complexity index is 1190. The van der Waals surface area contributed by atoms with Crippen molar-refractivity contribution in [3.63, 3.8) is 0 Å². The molecule has 14 heteroatoms. The number of nitrogens with zero attached hydrogens (tertiary/aromatic N) is 4. The monoisotopic (exact) mass is 507 g/mol. The zero-order valence-electron chi connectivity index (χ0n) is 19.4. The molecule has 0 bridgehead atoms. The third-order valence-corrected chi connectivity index (χ3v) is 6.55. The number of hydrogen-bond donors (Lipinski definition) is 1. The van der Waals surface area contributed by atoms with E-state index in [9.17, 15) is 9.36 Å². The first-order valence-electron chi connectivity index (χ1n) is 10.8. The van der Waals surface area contributed by atoms with Gasteiger partial charge in [-0.2, -0.15) is 10.1 Å². The molecular weight excluding hydrogens is 481 g/mol. The molecule has 2 aromatic heterocycles. The summed E-state index contributed by atoms with van der Waals surface area (Å²) in [5.74, 6) is 0.0446. The minimum absolute atomic E-state index is 0.169. The first kappa shape index (κ1) is 25.0. The number of carbonyl (C=O) groups is 1. The van der Waals surface area contributed by atoms with E-state index in [0.29, 0.717) is 22.8 Å². The number of carbonyl (C=O) groups excluding carboxylic acids is 1. The van der Waals surface area contributed by atoms with Crippen LogP contribution < -0.4 is 14.3 Å². The van der Waals surface area contributed by atoms with Crippen molar-refractivity contribution in [1.82, 2.24) is 24.6 Å². The predicted octanol–water partition coefficient (Wildman–Crippen LogP) is 2.45. The van der Waals surface area contributed by atoms with Gasteiger partial charge in [-0.25, -0.2) is 14.5 Å². The molecule has 1 N–H and O–H groups in total. The summed E-state index contributed by atoms with van der Waals surface area (Å²) in [6.45, 7) is 3.29. The zero-order chi connectivity index (χ0) is 24.8. The van der Waals surface area contributed by atoms with Crippen LogP contribution in [0.25, 0.3) is 11.2 Å². The Morgan fingerprint density at radius 3 is 2.83 bits per heavy atom. The number of imidazole rings is 1. The van der Waals surface area contributed by atoms with Gasteiger partial charge in [0.25, 0.3) is 0 Å². The van der Waals surface area contributed by atoms with Gasteiger partial charge in [-0.1, -0.05) is 18.2 Å². The second-order valence-corrected chi connectivity index (χ2v) is 9.05. The lowest BCUT2D eigenvalue weighted by atomic mass is 10.3. The maximum absolute atomic E-state index is 13.5. The maximum Gasteiger partial charge on any atom is 0.459 e. The molecule has 188 valence electrons. The minimum Gasteiger partial charge on any atom is -0.479 e. The lowest BCUT2D eigenvalue weighted by Crippen LogP contribution is -2.35. The standard InChI is InChI=1S/C21H26N5O8P/c1-4-30-21(27)14(2)25-35(28,34-15-8-6-5-7-9-15)32-11-17-31-10-16(33-17)26-13-24-18-19(26)22-12-23-20(18)29-3/h5-9,12-14,16-17H,4,10-11H2,1-3H3,(H,25,28)/t14-,16+,17+,35?/m0/s1. The molecule has 1 aliphatic rings. The molecule has 13 nitrogen and oxygen atoms in total. The Morgan fingerprint density at radius 2 is 2.09 bits per heavy atom. The van der Waals surface area contributed by atoms with E-state index in [1.54, 1.807) is 48.1 Å². The average Bonchev–Trinajstić information content (AvgIpc) is 3.50. The van der Waals surface area contributed by atoms with Crippen LogP contribution in [-0.2, 0) is 28.1 Å². The number of nitrogens with one attached hydrogen (secondary N) is 1. The van der Waals surface area contributed by atoms with Gasteiger partial charge in [0.15, 0.2) is 23.7 Å². The summed E-state index contributed by atoms with van der Waals surface area (Å²) in [5, 5.41) is 2.61. The van der Waals surface area contributed by atoms with E-state index in [0.717, 1.165) is 0 Å². The van der Waals surface area contributed by atoms with Crippen molar-refractivity contribution in [2.45, 2.75) is 32.4 Å². The van der Waals surface area contributed by atoms with Crippen LogP contribution in [0.2, 0.25) is 0 Å². The smallest absolute Gasteiger partial charge is 0.459 e. The molecule has 0 saturated carbocycles. The summed E-state index contributed by atoms with van der Waals surface area (Å²) in [6, 6.07) is 7.51. The number of hydrogen-bond acceptors (Lipinski definition) is 11. The van der Waals surface area contributed by atoms with E-state index in [2.05, 4.69) is 20.0 Å². The van der Waals surface area contributed by atoms with Crippen molar-refractivity contribution in [3.05, 3.63) is 43.0 Å². The molecule has 3 aromatic rings. The van der Waals surface area contributed by atoms with E-state index in [4.69, 9.17) is 28.0 Å². The molecule has 1 aliphatic heterocycles. The molecule has 1 aromatic carbocycles.